The lowest BCUT2D eigenvalue weighted by Gasteiger charge is -2.26. The highest BCUT2D eigenvalue weighted by molar-refractivity contribution is 5.93. The van der Waals surface area contributed by atoms with Crippen LogP contribution in [-0.4, -0.2) is 35.8 Å². The van der Waals surface area contributed by atoms with Crippen molar-refractivity contribution in [3.8, 4) is 0 Å². The normalized spacial score (nSPS) is 12.3. The number of hydrogen-bond acceptors (Lipinski definition) is 4. The lowest BCUT2D eigenvalue weighted by molar-refractivity contribution is -0.133. The van der Waals surface area contributed by atoms with E-state index < -0.39 is 40.9 Å². The van der Waals surface area contributed by atoms with Gasteiger partial charge in [0.05, 0.1) is 6.42 Å². The van der Waals surface area contributed by atoms with E-state index in [1.54, 1.807) is 0 Å². The highest BCUT2D eigenvalue weighted by Gasteiger charge is 2.30. The molecule has 6 N–H and O–H groups in total. The summed E-state index contributed by atoms with van der Waals surface area (Å²) in [6.07, 6.45) is 0.312. The van der Waals surface area contributed by atoms with Crippen LogP contribution >= 0.6 is 0 Å². The fourth-order valence-corrected chi connectivity index (χ4v) is 2.13. The molecule has 1 aromatic rings. The van der Waals surface area contributed by atoms with Crippen LogP contribution in [0.2, 0.25) is 0 Å². The Morgan fingerprint density at radius 3 is 2.42 bits per heavy atom. The van der Waals surface area contributed by atoms with Crippen molar-refractivity contribution in [2.45, 2.75) is 44.7 Å². The summed E-state index contributed by atoms with van der Waals surface area (Å²) in [6, 6.07) is 1.92. The number of carbonyl (C=O) groups excluding carboxylic acids is 3. The third-order valence-corrected chi connectivity index (χ3v) is 3.77. The topological polar surface area (TPSA) is 127 Å². The first-order valence-corrected chi connectivity index (χ1v) is 8.12. The number of halogens is 2. The molecule has 144 valence electrons. The van der Waals surface area contributed by atoms with Crippen molar-refractivity contribution in [2.24, 2.45) is 11.5 Å². The molecule has 0 saturated heterocycles. The summed E-state index contributed by atoms with van der Waals surface area (Å²) < 4.78 is 26.6. The summed E-state index contributed by atoms with van der Waals surface area (Å²) in [7, 11) is 0. The maximum Gasteiger partial charge on any atom is 0.243 e. The standard InChI is InChI=1S/C17H24F2N4O3/c1-17(2,16(21)26)23-15(25)13(4-3-7-20)22-14(24)8-10-5-6-11(18)9-12(10)19/h5-6,9,13H,3-4,7-8,20H2,1-2H3,(H2,21,26)(H,22,24)(H,23,25)/t13-/m1/s1. The van der Waals surface area contributed by atoms with E-state index in [1.807, 2.05) is 0 Å². The van der Waals surface area contributed by atoms with Gasteiger partial charge in [-0.25, -0.2) is 8.78 Å². The molecule has 0 fully saturated rings. The Labute approximate surface area is 150 Å². The van der Waals surface area contributed by atoms with Crippen LogP contribution in [0.4, 0.5) is 8.78 Å². The second-order valence-electron chi connectivity index (χ2n) is 6.44. The minimum atomic E-state index is -1.30. The highest BCUT2D eigenvalue weighted by Crippen LogP contribution is 2.11. The van der Waals surface area contributed by atoms with Crippen LogP contribution in [0.25, 0.3) is 0 Å². The Morgan fingerprint density at radius 1 is 1.23 bits per heavy atom. The van der Waals surface area contributed by atoms with Crippen LogP contribution in [0.15, 0.2) is 18.2 Å². The molecule has 0 aliphatic heterocycles. The molecule has 0 heterocycles. The molecular formula is C17H24F2N4O3. The van der Waals surface area contributed by atoms with Crippen molar-refractivity contribution in [3.63, 3.8) is 0 Å². The first kappa shape index (κ1) is 21.5. The van der Waals surface area contributed by atoms with Gasteiger partial charge in [0.2, 0.25) is 17.7 Å². The quantitative estimate of drug-likeness (QED) is 0.492. The van der Waals surface area contributed by atoms with Crippen LogP contribution in [-0.2, 0) is 20.8 Å². The van der Waals surface area contributed by atoms with Crippen molar-refractivity contribution in [3.05, 3.63) is 35.4 Å². The average molecular weight is 370 g/mol. The van der Waals surface area contributed by atoms with Crippen LogP contribution < -0.4 is 22.1 Å². The van der Waals surface area contributed by atoms with E-state index in [0.717, 1.165) is 12.1 Å². The van der Waals surface area contributed by atoms with Crippen molar-refractivity contribution >= 4 is 17.7 Å². The molecule has 0 saturated carbocycles. The van der Waals surface area contributed by atoms with Crippen molar-refractivity contribution < 1.29 is 23.2 Å². The van der Waals surface area contributed by atoms with E-state index in [4.69, 9.17) is 11.5 Å². The van der Waals surface area contributed by atoms with Gasteiger partial charge in [-0.15, -0.1) is 0 Å². The monoisotopic (exact) mass is 370 g/mol. The molecule has 1 atom stereocenters. The van der Waals surface area contributed by atoms with E-state index >= 15 is 0 Å². The third-order valence-electron chi connectivity index (χ3n) is 3.77. The lowest BCUT2D eigenvalue weighted by Crippen LogP contribution is -2.58. The SMILES string of the molecule is CC(C)(NC(=O)[C@@H](CCCN)NC(=O)Cc1ccc(F)cc1F)C(N)=O. The van der Waals surface area contributed by atoms with Gasteiger partial charge in [-0.1, -0.05) is 6.07 Å². The predicted molar refractivity (Wildman–Crippen MR) is 91.7 cm³/mol. The molecule has 0 aromatic heterocycles. The second kappa shape index (κ2) is 9.23. The summed E-state index contributed by atoms with van der Waals surface area (Å²) in [6.45, 7) is 3.16. The number of nitrogens with one attached hydrogen (secondary N) is 2. The zero-order chi connectivity index (χ0) is 19.9. The Balaban J connectivity index is 2.81. The van der Waals surface area contributed by atoms with Crippen molar-refractivity contribution in [1.29, 1.82) is 0 Å². The number of hydrogen-bond donors (Lipinski definition) is 4. The molecule has 1 aromatic carbocycles. The molecule has 0 unspecified atom stereocenters. The van der Waals surface area contributed by atoms with E-state index in [2.05, 4.69) is 10.6 Å². The molecule has 0 spiro atoms. The molecule has 0 aliphatic carbocycles. The number of benzene rings is 1. The van der Waals surface area contributed by atoms with Gasteiger partial charge in [0.25, 0.3) is 0 Å². The number of nitrogens with two attached hydrogens (primary N) is 2. The van der Waals surface area contributed by atoms with Gasteiger partial charge in [-0.05, 0) is 44.9 Å². The fraction of sp³-hybridized carbons (Fsp3) is 0.471. The Hall–Kier alpha value is -2.55. The Kier molecular flexibility index (Phi) is 7.63. The molecule has 7 nitrogen and oxygen atoms in total. The summed E-state index contributed by atoms with van der Waals surface area (Å²) in [4.78, 5) is 35.9. The van der Waals surface area contributed by atoms with Crippen LogP contribution in [0.1, 0.15) is 32.3 Å². The number of amides is 3. The molecule has 26 heavy (non-hydrogen) atoms. The highest BCUT2D eigenvalue weighted by atomic mass is 19.1. The number of rotatable bonds is 9. The van der Waals surface area contributed by atoms with E-state index in [1.165, 1.54) is 13.8 Å². The van der Waals surface area contributed by atoms with E-state index in [0.29, 0.717) is 19.0 Å². The zero-order valence-electron chi connectivity index (χ0n) is 14.8. The van der Waals surface area contributed by atoms with Crippen LogP contribution in [0, 0.1) is 11.6 Å². The minimum absolute atomic E-state index is 0.000603. The summed E-state index contributed by atoms with van der Waals surface area (Å²) in [5.74, 6) is -3.55. The number of primary amides is 1. The van der Waals surface area contributed by atoms with Crippen molar-refractivity contribution in [2.75, 3.05) is 6.54 Å². The van der Waals surface area contributed by atoms with Gasteiger partial charge in [0, 0.05) is 6.07 Å². The smallest absolute Gasteiger partial charge is 0.243 e. The third kappa shape index (κ3) is 6.40. The Morgan fingerprint density at radius 2 is 1.88 bits per heavy atom. The number of carbonyl (C=O) groups is 3. The van der Waals surface area contributed by atoms with Crippen LogP contribution in [0.3, 0.4) is 0 Å². The minimum Gasteiger partial charge on any atom is -0.368 e. The van der Waals surface area contributed by atoms with Gasteiger partial charge in [0.15, 0.2) is 0 Å². The van der Waals surface area contributed by atoms with E-state index in [9.17, 15) is 23.2 Å². The maximum absolute atomic E-state index is 13.7. The van der Waals surface area contributed by atoms with E-state index in [-0.39, 0.29) is 18.4 Å². The average Bonchev–Trinajstić information content (AvgIpc) is 2.53. The Bertz CT molecular complexity index is 680. The zero-order valence-corrected chi connectivity index (χ0v) is 14.8. The van der Waals surface area contributed by atoms with Crippen molar-refractivity contribution in [1.82, 2.24) is 10.6 Å². The molecule has 0 bridgehead atoms. The molecule has 0 radical (unpaired) electrons. The first-order chi connectivity index (χ1) is 12.1. The van der Waals surface area contributed by atoms with Gasteiger partial charge in [-0.2, -0.15) is 0 Å². The predicted octanol–water partition coefficient (Wildman–Crippen LogP) is 0.111. The largest absolute Gasteiger partial charge is 0.368 e. The van der Waals surface area contributed by atoms with Gasteiger partial charge in [0.1, 0.15) is 23.2 Å². The summed E-state index contributed by atoms with van der Waals surface area (Å²) >= 11 is 0. The van der Waals surface area contributed by atoms with Crippen LogP contribution in [0.5, 0.6) is 0 Å². The first-order valence-electron chi connectivity index (χ1n) is 8.12. The molecule has 9 heteroatoms. The van der Waals surface area contributed by atoms with Gasteiger partial charge in [-0.3, -0.25) is 14.4 Å². The summed E-state index contributed by atoms with van der Waals surface area (Å²) in [5.41, 5.74) is 9.35. The molecule has 3 amide bonds. The molecular weight excluding hydrogens is 346 g/mol. The summed E-state index contributed by atoms with van der Waals surface area (Å²) in [5, 5.41) is 4.94. The van der Waals surface area contributed by atoms with Gasteiger partial charge >= 0.3 is 0 Å². The maximum atomic E-state index is 13.7. The fourth-order valence-electron chi connectivity index (χ4n) is 2.13. The second-order valence-corrected chi connectivity index (χ2v) is 6.44. The van der Waals surface area contributed by atoms with Gasteiger partial charge < -0.3 is 22.1 Å². The molecule has 1 rings (SSSR count). The lowest BCUT2D eigenvalue weighted by atomic mass is 10.0. The molecule has 0 aliphatic rings.